The molecule has 162 valence electrons. The van der Waals surface area contributed by atoms with Gasteiger partial charge in [-0.3, -0.25) is 0 Å². The third kappa shape index (κ3) is 2.91. The molecule has 2 heterocycles. The number of hydrogen-bond acceptors (Lipinski definition) is 4. The van der Waals surface area contributed by atoms with Crippen molar-refractivity contribution in [2.24, 2.45) is 11.8 Å². The summed E-state index contributed by atoms with van der Waals surface area (Å²) in [5.41, 5.74) is 2.80. The van der Waals surface area contributed by atoms with Crippen LogP contribution in [-0.4, -0.2) is 43.3 Å². The van der Waals surface area contributed by atoms with E-state index in [1.165, 1.54) is 43.2 Å². The van der Waals surface area contributed by atoms with E-state index in [0.717, 1.165) is 24.1 Å². The van der Waals surface area contributed by atoms with Crippen LogP contribution in [0.2, 0.25) is 0 Å². The van der Waals surface area contributed by atoms with E-state index in [9.17, 15) is 0 Å². The maximum atomic E-state index is 4.89. The summed E-state index contributed by atoms with van der Waals surface area (Å²) < 4.78 is 4.73. The zero-order valence-corrected chi connectivity index (χ0v) is 18.8. The second kappa shape index (κ2) is 6.76. The van der Waals surface area contributed by atoms with Crippen molar-refractivity contribution in [3.8, 4) is 11.4 Å². The highest BCUT2D eigenvalue weighted by Crippen LogP contribution is 2.63. The maximum Gasteiger partial charge on any atom is 0.140 e. The van der Waals surface area contributed by atoms with Gasteiger partial charge < -0.3 is 9.47 Å². The molecule has 6 nitrogen and oxygen atoms in total. The van der Waals surface area contributed by atoms with Crippen molar-refractivity contribution >= 4 is 0 Å². The van der Waals surface area contributed by atoms with E-state index in [1.807, 2.05) is 12.5 Å². The van der Waals surface area contributed by atoms with Crippen molar-refractivity contribution in [3.05, 3.63) is 54.9 Å². The van der Waals surface area contributed by atoms with E-state index in [2.05, 4.69) is 75.7 Å². The molecular weight excluding hydrogens is 384 g/mol. The summed E-state index contributed by atoms with van der Waals surface area (Å²) in [6.45, 7) is 2.26. The second-order valence-electron chi connectivity index (χ2n) is 10.6. The Morgan fingerprint density at radius 1 is 1.10 bits per heavy atom. The van der Waals surface area contributed by atoms with Crippen LogP contribution < -0.4 is 0 Å². The Labute approximate surface area is 184 Å². The number of hydrogen-bond donors (Lipinski definition) is 0. The molecule has 1 aromatic carbocycles. The van der Waals surface area contributed by atoms with Crippen molar-refractivity contribution in [2.75, 3.05) is 14.1 Å². The van der Waals surface area contributed by atoms with Crippen LogP contribution in [-0.2, 0) is 11.1 Å². The van der Waals surface area contributed by atoms with Gasteiger partial charge >= 0.3 is 0 Å². The van der Waals surface area contributed by atoms with Gasteiger partial charge in [0.05, 0.1) is 5.54 Å². The van der Waals surface area contributed by atoms with Crippen molar-refractivity contribution < 1.29 is 0 Å². The van der Waals surface area contributed by atoms with Gasteiger partial charge in [0, 0.05) is 29.5 Å². The summed E-state index contributed by atoms with van der Waals surface area (Å²) in [4.78, 5) is 11.4. The normalized spacial score (nSPS) is 32.6. The lowest BCUT2D eigenvalue weighted by molar-refractivity contribution is -0.0968. The van der Waals surface area contributed by atoms with Gasteiger partial charge in [-0.05, 0) is 83.0 Å². The largest absolute Gasteiger partial charge is 0.325 e. The van der Waals surface area contributed by atoms with Gasteiger partial charge in [-0.1, -0.05) is 18.2 Å². The lowest BCUT2D eigenvalue weighted by atomic mass is 9.49. The van der Waals surface area contributed by atoms with Crippen LogP contribution >= 0.6 is 0 Å². The summed E-state index contributed by atoms with van der Waals surface area (Å²) in [6, 6.07) is 9.33. The molecule has 4 bridgehead atoms. The molecule has 3 atom stereocenters. The molecule has 4 fully saturated rings. The number of imidazole rings is 1. The first kappa shape index (κ1) is 19.2. The van der Waals surface area contributed by atoms with Gasteiger partial charge in [0.25, 0.3) is 0 Å². The SMILES string of the molecule is CC(c1cccc(-c2nccn2C23CC4CC(CC(n5cncn5)(C4)C2)C3)c1)N(C)C. The lowest BCUT2D eigenvalue weighted by Gasteiger charge is -2.62. The molecule has 31 heavy (non-hydrogen) atoms. The van der Waals surface area contributed by atoms with Crippen molar-refractivity contribution in [3.63, 3.8) is 0 Å². The van der Waals surface area contributed by atoms with Crippen LogP contribution in [0.5, 0.6) is 0 Å². The highest BCUT2D eigenvalue weighted by Gasteiger charge is 2.60. The Bertz CT molecular complexity index is 1070. The van der Waals surface area contributed by atoms with Crippen LogP contribution in [0.15, 0.2) is 49.3 Å². The smallest absolute Gasteiger partial charge is 0.140 e. The van der Waals surface area contributed by atoms with E-state index < -0.39 is 0 Å². The molecule has 7 rings (SSSR count). The highest BCUT2D eigenvalue weighted by molar-refractivity contribution is 5.57. The van der Waals surface area contributed by atoms with Gasteiger partial charge in [-0.25, -0.2) is 14.6 Å². The van der Waals surface area contributed by atoms with Crippen molar-refractivity contribution in [1.29, 1.82) is 0 Å². The average molecular weight is 417 g/mol. The minimum Gasteiger partial charge on any atom is -0.325 e. The monoisotopic (exact) mass is 416 g/mol. The Morgan fingerprint density at radius 2 is 1.87 bits per heavy atom. The van der Waals surface area contributed by atoms with Gasteiger partial charge in [0.15, 0.2) is 0 Å². The minimum atomic E-state index is 0.114. The molecule has 3 unspecified atom stereocenters. The minimum absolute atomic E-state index is 0.114. The fourth-order valence-electron chi connectivity index (χ4n) is 7.30. The molecule has 0 saturated heterocycles. The van der Waals surface area contributed by atoms with E-state index in [1.54, 1.807) is 6.33 Å². The first-order valence-electron chi connectivity index (χ1n) is 11.6. The summed E-state index contributed by atoms with van der Waals surface area (Å²) in [6.07, 6.45) is 15.4. The standard InChI is InChI=1S/C25H32N6/c1-18(29(2)3)21-5-4-6-22(10-21)23-27-7-8-30(23)24-11-19-9-20(12-24)14-25(13-19,15-24)31-17-26-16-28-31/h4-8,10,16-20H,9,11-15H2,1-3H3. The van der Waals surface area contributed by atoms with Gasteiger partial charge in [-0.2, -0.15) is 5.10 Å². The number of aromatic nitrogens is 5. The fraction of sp³-hybridized carbons (Fsp3) is 0.560. The molecule has 0 radical (unpaired) electrons. The molecule has 0 spiro atoms. The molecule has 0 N–H and O–H groups in total. The zero-order chi connectivity index (χ0) is 21.2. The summed E-state index contributed by atoms with van der Waals surface area (Å²) in [5.74, 6) is 2.64. The first-order valence-corrected chi connectivity index (χ1v) is 11.6. The lowest BCUT2D eigenvalue weighted by Crippen LogP contribution is -2.60. The summed E-state index contributed by atoms with van der Waals surface area (Å²) in [7, 11) is 4.27. The van der Waals surface area contributed by atoms with Crippen LogP contribution in [0, 0.1) is 11.8 Å². The number of nitrogens with zero attached hydrogens (tertiary/aromatic N) is 6. The van der Waals surface area contributed by atoms with Crippen molar-refractivity contribution in [2.45, 2.75) is 62.6 Å². The third-order valence-corrected chi connectivity index (χ3v) is 8.46. The molecule has 0 aliphatic heterocycles. The Balaban J connectivity index is 1.42. The van der Waals surface area contributed by atoms with Crippen LogP contribution in [0.1, 0.15) is 57.1 Å². The predicted octanol–water partition coefficient (Wildman–Crippen LogP) is 4.47. The van der Waals surface area contributed by atoms with E-state index in [0.29, 0.717) is 6.04 Å². The summed E-state index contributed by atoms with van der Waals surface area (Å²) in [5, 5.41) is 4.62. The van der Waals surface area contributed by atoms with Crippen LogP contribution in [0.4, 0.5) is 0 Å². The molecule has 6 heteroatoms. The molecule has 4 saturated carbocycles. The first-order chi connectivity index (χ1) is 15.0. The quantitative estimate of drug-likeness (QED) is 0.616. The second-order valence-corrected chi connectivity index (χ2v) is 10.6. The predicted molar refractivity (Wildman–Crippen MR) is 120 cm³/mol. The van der Waals surface area contributed by atoms with Gasteiger partial charge in [0.2, 0.25) is 0 Å². The van der Waals surface area contributed by atoms with Gasteiger partial charge in [-0.15, -0.1) is 0 Å². The van der Waals surface area contributed by atoms with E-state index >= 15 is 0 Å². The Hall–Kier alpha value is -2.47. The number of rotatable bonds is 5. The molecule has 3 aromatic rings. The molecular formula is C25H32N6. The van der Waals surface area contributed by atoms with Crippen molar-refractivity contribution in [1.82, 2.24) is 29.2 Å². The van der Waals surface area contributed by atoms with E-state index in [-0.39, 0.29) is 11.1 Å². The van der Waals surface area contributed by atoms with Crippen LogP contribution in [0.25, 0.3) is 11.4 Å². The topological polar surface area (TPSA) is 51.8 Å². The summed E-state index contributed by atoms with van der Waals surface area (Å²) >= 11 is 0. The Morgan fingerprint density at radius 3 is 2.58 bits per heavy atom. The Kier molecular flexibility index (Phi) is 4.20. The molecule has 4 aliphatic rings. The zero-order valence-electron chi connectivity index (χ0n) is 18.8. The fourth-order valence-corrected chi connectivity index (χ4v) is 7.30. The van der Waals surface area contributed by atoms with E-state index in [4.69, 9.17) is 4.98 Å². The molecule has 0 amide bonds. The maximum absolute atomic E-state index is 4.89. The average Bonchev–Trinajstić information content (AvgIpc) is 3.45. The highest BCUT2D eigenvalue weighted by atomic mass is 15.4. The van der Waals surface area contributed by atoms with Crippen LogP contribution in [0.3, 0.4) is 0 Å². The molecule has 4 aliphatic carbocycles. The molecule has 2 aromatic heterocycles. The number of benzene rings is 1. The van der Waals surface area contributed by atoms with Gasteiger partial charge in [0.1, 0.15) is 18.5 Å². The third-order valence-electron chi connectivity index (χ3n) is 8.46.